The van der Waals surface area contributed by atoms with Gasteiger partial charge in [-0.05, 0) is 60.7 Å². The van der Waals surface area contributed by atoms with Crippen molar-refractivity contribution in [2.75, 3.05) is 0 Å². The molecule has 0 bridgehead atoms. The van der Waals surface area contributed by atoms with E-state index in [4.69, 9.17) is 5.73 Å². The van der Waals surface area contributed by atoms with Gasteiger partial charge in [0.15, 0.2) is 5.71 Å². The number of hydrogen-bond donors (Lipinski definition) is 2. The lowest BCUT2D eigenvalue weighted by Gasteiger charge is -2.10. The molecule has 34 heavy (non-hydrogen) atoms. The van der Waals surface area contributed by atoms with Gasteiger partial charge in [0.2, 0.25) is 5.13 Å². The number of fused-ring (bicyclic) bond motifs is 3. The standard InChI is InChI=1S/C24H17F4N3O2S/c1-11-8-18-20(16-7-6-14(10-17(11)16)24(26,27)28)30-23(34-18)31-21(22(32)33)19(12(2)29)13-4-3-5-15(25)9-13/h3-10H,29H2,1-2H3,(H,32,33). The van der Waals surface area contributed by atoms with Crippen LogP contribution < -0.4 is 5.73 Å². The summed E-state index contributed by atoms with van der Waals surface area (Å²) >= 11 is 1.09. The Labute approximate surface area is 194 Å². The summed E-state index contributed by atoms with van der Waals surface area (Å²) in [5, 5.41) is 10.8. The van der Waals surface area contributed by atoms with Gasteiger partial charge < -0.3 is 10.8 Å². The van der Waals surface area contributed by atoms with E-state index in [1.165, 1.54) is 31.2 Å². The topological polar surface area (TPSA) is 88.6 Å². The highest BCUT2D eigenvalue weighted by atomic mass is 32.1. The number of aryl methyl sites for hydroxylation is 1. The maximum atomic E-state index is 13.8. The Bertz CT molecular complexity index is 1520. The molecular formula is C24H17F4N3O2S. The number of aliphatic imine (C=N–C) groups is 1. The number of carbonyl (C=O) groups is 1. The molecule has 1 aromatic heterocycles. The zero-order valence-corrected chi connectivity index (χ0v) is 18.7. The van der Waals surface area contributed by atoms with Gasteiger partial charge in [0.05, 0.1) is 15.8 Å². The molecule has 4 rings (SSSR count). The summed E-state index contributed by atoms with van der Waals surface area (Å²) in [6, 6.07) is 10.4. The maximum Gasteiger partial charge on any atom is 0.416 e. The van der Waals surface area contributed by atoms with Crippen LogP contribution in [0.3, 0.4) is 0 Å². The predicted molar refractivity (Wildman–Crippen MR) is 125 cm³/mol. The van der Waals surface area contributed by atoms with Gasteiger partial charge in [-0.1, -0.05) is 29.5 Å². The molecule has 0 aliphatic heterocycles. The summed E-state index contributed by atoms with van der Waals surface area (Å²) in [7, 11) is 0. The van der Waals surface area contributed by atoms with E-state index in [9.17, 15) is 27.5 Å². The number of halogens is 4. The van der Waals surface area contributed by atoms with Crippen molar-refractivity contribution in [2.24, 2.45) is 10.7 Å². The SMILES string of the molecule is CC(N)=C(C(=Nc1nc2c(cc(C)c3cc(C(F)(F)F)ccc32)s1)C(=O)O)c1cccc(F)c1. The van der Waals surface area contributed by atoms with E-state index in [1.54, 1.807) is 13.0 Å². The Balaban J connectivity index is 1.91. The summed E-state index contributed by atoms with van der Waals surface area (Å²) in [6.45, 7) is 3.17. The molecular weight excluding hydrogens is 470 g/mol. The first-order valence-electron chi connectivity index (χ1n) is 9.91. The summed E-state index contributed by atoms with van der Waals surface area (Å²) in [5.74, 6) is -1.96. The van der Waals surface area contributed by atoms with Gasteiger partial charge in [-0.25, -0.2) is 19.2 Å². The van der Waals surface area contributed by atoms with Crippen LogP contribution in [0.1, 0.15) is 23.6 Å². The number of nitrogens with two attached hydrogens (primary N) is 1. The third-order valence-electron chi connectivity index (χ3n) is 5.17. The van der Waals surface area contributed by atoms with E-state index in [0.29, 0.717) is 26.6 Å². The van der Waals surface area contributed by atoms with Gasteiger partial charge in [0.25, 0.3) is 0 Å². The fourth-order valence-electron chi connectivity index (χ4n) is 3.69. The summed E-state index contributed by atoms with van der Waals surface area (Å²) in [4.78, 5) is 20.7. The fraction of sp³-hybridized carbons (Fsp3) is 0.125. The first-order valence-corrected chi connectivity index (χ1v) is 10.7. The van der Waals surface area contributed by atoms with Crippen molar-refractivity contribution in [3.63, 3.8) is 0 Å². The van der Waals surface area contributed by atoms with Crippen molar-refractivity contribution in [1.29, 1.82) is 0 Å². The molecule has 0 saturated carbocycles. The van der Waals surface area contributed by atoms with Crippen LogP contribution in [-0.2, 0) is 11.0 Å². The Morgan fingerprint density at radius 2 is 1.85 bits per heavy atom. The highest BCUT2D eigenvalue weighted by Crippen LogP contribution is 2.38. The molecule has 0 amide bonds. The van der Waals surface area contributed by atoms with Crippen molar-refractivity contribution in [2.45, 2.75) is 20.0 Å². The Morgan fingerprint density at radius 3 is 2.47 bits per heavy atom. The molecule has 0 spiro atoms. The number of carboxylic acid groups (broad SMARTS) is 1. The number of rotatable bonds is 4. The number of alkyl halides is 3. The predicted octanol–water partition coefficient (Wildman–Crippen LogP) is 6.46. The van der Waals surface area contributed by atoms with Gasteiger partial charge >= 0.3 is 12.1 Å². The summed E-state index contributed by atoms with van der Waals surface area (Å²) < 4.78 is 53.9. The average Bonchev–Trinajstić information content (AvgIpc) is 3.14. The Kier molecular flexibility index (Phi) is 5.86. The lowest BCUT2D eigenvalue weighted by molar-refractivity contribution is -0.137. The van der Waals surface area contributed by atoms with Gasteiger partial charge in [-0.3, -0.25) is 0 Å². The van der Waals surface area contributed by atoms with Gasteiger partial charge in [-0.2, -0.15) is 13.2 Å². The number of allylic oxidation sites excluding steroid dienone is 1. The minimum atomic E-state index is -4.48. The van der Waals surface area contributed by atoms with E-state index < -0.39 is 29.2 Å². The van der Waals surface area contributed by atoms with E-state index in [1.807, 2.05) is 0 Å². The molecule has 0 unspecified atom stereocenters. The quantitative estimate of drug-likeness (QED) is 0.255. The monoisotopic (exact) mass is 487 g/mol. The number of aliphatic carboxylic acids is 1. The van der Waals surface area contributed by atoms with E-state index in [0.717, 1.165) is 29.5 Å². The number of nitrogens with zero attached hydrogens (tertiary/aromatic N) is 2. The van der Waals surface area contributed by atoms with E-state index in [2.05, 4.69) is 9.98 Å². The molecule has 3 aromatic carbocycles. The van der Waals surface area contributed by atoms with Crippen molar-refractivity contribution in [1.82, 2.24) is 4.98 Å². The minimum absolute atomic E-state index is 0.0436. The molecule has 10 heteroatoms. The molecule has 174 valence electrons. The zero-order valence-electron chi connectivity index (χ0n) is 17.9. The molecule has 0 fully saturated rings. The van der Waals surface area contributed by atoms with E-state index >= 15 is 0 Å². The van der Waals surface area contributed by atoms with Crippen molar-refractivity contribution < 1.29 is 27.5 Å². The van der Waals surface area contributed by atoms with Crippen molar-refractivity contribution in [3.05, 3.63) is 76.7 Å². The molecule has 5 nitrogen and oxygen atoms in total. The molecule has 0 aliphatic carbocycles. The van der Waals surface area contributed by atoms with Crippen LogP contribution in [0.15, 0.2) is 59.2 Å². The molecule has 3 N–H and O–H groups in total. The number of carboxylic acids is 1. The average molecular weight is 487 g/mol. The van der Waals surface area contributed by atoms with Crippen LogP contribution >= 0.6 is 11.3 Å². The van der Waals surface area contributed by atoms with Crippen LogP contribution in [0, 0.1) is 12.7 Å². The van der Waals surface area contributed by atoms with Gasteiger partial charge in [0, 0.05) is 16.7 Å². The summed E-state index contributed by atoms with van der Waals surface area (Å²) in [6.07, 6.45) is -4.48. The Hall–Kier alpha value is -3.79. The molecule has 4 aromatic rings. The van der Waals surface area contributed by atoms with E-state index in [-0.39, 0.29) is 22.0 Å². The van der Waals surface area contributed by atoms with Crippen LogP contribution in [-0.4, -0.2) is 21.8 Å². The maximum absolute atomic E-state index is 13.8. The number of benzene rings is 3. The molecule has 1 heterocycles. The molecule has 0 saturated heterocycles. The van der Waals surface area contributed by atoms with Crippen molar-refractivity contribution >= 4 is 54.7 Å². The second-order valence-electron chi connectivity index (χ2n) is 7.63. The number of aromatic nitrogens is 1. The first kappa shape index (κ1) is 23.4. The fourth-order valence-corrected chi connectivity index (χ4v) is 4.65. The third-order valence-corrected chi connectivity index (χ3v) is 6.07. The Morgan fingerprint density at radius 1 is 1.12 bits per heavy atom. The van der Waals surface area contributed by atoms with Gasteiger partial charge in [0.1, 0.15) is 5.82 Å². The normalized spacial score (nSPS) is 13.4. The highest BCUT2D eigenvalue weighted by molar-refractivity contribution is 7.22. The van der Waals surface area contributed by atoms with Crippen LogP contribution in [0.25, 0.3) is 26.6 Å². The van der Waals surface area contributed by atoms with Crippen LogP contribution in [0.4, 0.5) is 22.7 Å². The van der Waals surface area contributed by atoms with Crippen LogP contribution in [0.2, 0.25) is 0 Å². The second-order valence-corrected chi connectivity index (χ2v) is 8.64. The highest BCUT2D eigenvalue weighted by Gasteiger charge is 2.31. The number of hydrogen-bond acceptors (Lipinski definition) is 5. The number of thiazole rings is 1. The smallest absolute Gasteiger partial charge is 0.416 e. The zero-order chi connectivity index (χ0) is 24.8. The lowest BCUT2D eigenvalue weighted by Crippen LogP contribution is -2.18. The van der Waals surface area contributed by atoms with Crippen molar-refractivity contribution in [3.8, 4) is 0 Å². The van der Waals surface area contributed by atoms with Crippen LogP contribution in [0.5, 0.6) is 0 Å². The second kappa shape index (κ2) is 8.53. The van der Waals surface area contributed by atoms with Gasteiger partial charge in [-0.15, -0.1) is 0 Å². The molecule has 0 aliphatic rings. The largest absolute Gasteiger partial charge is 0.476 e. The summed E-state index contributed by atoms with van der Waals surface area (Å²) in [5.41, 5.74) is 6.16. The minimum Gasteiger partial charge on any atom is -0.476 e. The molecule has 0 atom stereocenters. The third kappa shape index (κ3) is 4.36. The molecule has 0 radical (unpaired) electrons. The lowest BCUT2D eigenvalue weighted by atomic mass is 9.99. The first-order chi connectivity index (χ1) is 16.0.